The topological polar surface area (TPSA) is 51.2 Å². The molecule has 4 nitrogen and oxygen atoms in total. The highest BCUT2D eigenvalue weighted by atomic mass is 32.1. The summed E-state index contributed by atoms with van der Waals surface area (Å²) in [6, 6.07) is 5.70. The Labute approximate surface area is 102 Å². The van der Waals surface area contributed by atoms with E-state index in [9.17, 15) is 4.79 Å². The average molecular weight is 246 g/mol. The van der Waals surface area contributed by atoms with Crippen molar-refractivity contribution in [1.29, 1.82) is 0 Å². The number of nitrogens with one attached hydrogen (secondary N) is 1. The third-order valence-electron chi connectivity index (χ3n) is 2.53. The molecule has 0 fully saturated rings. The van der Waals surface area contributed by atoms with Gasteiger partial charge in [0.25, 0.3) is 5.91 Å². The van der Waals surface area contributed by atoms with Crippen LogP contribution in [0.3, 0.4) is 0 Å². The maximum absolute atomic E-state index is 11.2. The molecule has 0 radical (unpaired) electrons. The van der Waals surface area contributed by atoms with Crippen LogP contribution in [-0.4, -0.2) is 17.5 Å². The van der Waals surface area contributed by atoms with E-state index in [-0.39, 0.29) is 12.5 Å². The number of rotatable bonds is 1. The highest BCUT2D eigenvalue weighted by Gasteiger charge is 2.16. The molecule has 0 saturated heterocycles. The molecule has 1 amide bonds. The number of aryl methyl sites for hydroxylation is 1. The van der Waals surface area contributed by atoms with Crippen molar-refractivity contribution in [2.24, 2.45) is 0 Å². The molecule has 0 unspecified atom stereocenters. The van der Waals surface area contributed by atoms with Crippen molar-refractivity contribution in [3.63, 3.8) is 0 Å². The van der Waals surface area contributed by atoms with Gasteiger partial charge in [0, 0.05) is 10.9 Å². The lowest BCUT2D eigenvalue weighted by molar-refractivity contribution is -0.118. The number of thiazole rings is 1. The molecule has 2 heterocycles. The molecule has 1 aliphatic heterocycles. The Morgan fingerprint density at radius 1 is 1.47 bits per heavy atom. The summed E-state index contributed by atoms with van der Waals surface area (Å²) in [5.74, 6) is 0.587. The Bertz CT molecular complexity index is 592. The molecule has 1 aliphatic rings. The Kier molecular flexibility index (Phi) is 2.33. The summed E-state index contributed by atoms with van der Waals surface area (Å²) in [7, 11) is 0. The maximum Gasteiger partial charge on any atom is 0.262 e. The fourth-order valence-electron chi connectivity index (χ4n) is 1.74. The van der Waals surface area contributed by atoms with Crippen LogP contribution in [0, 0.1) is 6.92 Å². The number of nitrogens with zero attached hydrogens (tertiary/aromatic N) is 1. The molecule has 1 N–H and O–H groups in total. The Morgan fingerprint density at radius 3 is 3.12 bits per heavy atom. The van der Waals surface area contributed by atoms with Crippen LogP contribution in [0.1, 0.15) is 5.01 Å². The van der Waals surface area contributed by atoms with Gasteiger partial charge in [-0.3, -0.25) is 4.79 Å². The van der Waals surface area contributed by atoms with Crippen LogP contribution in [0.25, 0.3) is 11.3 Å². The lowest BCUT2D eigenvalue weighted by atomic mass is 10.1. The molecule has 0 bridgehead atoms. The average Bonchev–Trinajstić information content (AvgIpc) is 2.75. The summed E-state index contributed by atoms with van der Waals surface area (Å²) in [6.45, 7) is 2.06. The van der Waals surface area contributed by atoms with Crippen LogP contribution in [0.4, 0.5) is 5.69 Å². The minimum atomic E-state index is -0.121. The van der Waals surface area contributed by atoms with E-state index in [1.165, 1.54) is 0 Å². The van der Waals surface area contributed by atoms with Crippen molar-refractivity contribution in [2.75, 3.05) is 11.9 Å². The Balaban J connectivity index is 2.03. The third kappa shape index (κ3) is 1.89. The second kappa shape index (κ2) is 3.85. The van der Waals surface area contributed by atoms with Crippen molar-refractivity contribution in [1.82, 2.24) is 4.98 Å². The van der Waals surface area contributed by atoms with Gasteiger partial charge in [-0.1, -0.05) is 0 Å². The number of carbonyl (C=O) groups is 1. The molecule has 1 aromatic heterocycles. The standard InChI is InChI=1S/C12H10N2O2S/c1-7-13-10(6-17-7)8-2-3-11-9(4-8)14-12(15)5-16-11/h2-4,6H,5H2,1H3,(H,14,15). The van der Waals surface area contributed by atoms with Gasteiger partial charge in [-0.15, -0.1) is 11.3 Å². The number of amides is 1. The molecule has 0 aliphatic carbocycles. The van der Waals surface area contributed by atoms with Crippen molar-refractivity contribution >= 4 is 22.9 Å². The highest BCUT2D eigenvalue weighted by molar-refractivity contribution is 7.09. The first kappa shape index (κ1) is 10.3. The molecule has 3 rings (SSSR count). The molecule has 2 aromatic rings. The molecule has 0 saturated carbocycles. The normalized spacial score (nSPS) is 13.8. The van der Waals surface area contributed by atoms with E-state index >= 15 is 0 Å². The molecular weight excluding hydrogens is 236 g/mol. The lowest BCUT2D eigenvalue weighted by Crippen LogP contribution is -2.25. The van der Waals surface area contributed by atoms with Gasteiger partial charge in [0.2, 0.25) is 0 Å². The minimum absolute atomic E-state index is 0.0855. The van der Waals surface area contributed by atoms with Crippen LogP contribution >= 0.6 is 11.3 Å². The molecule has 86 valence electrons. The zero-order valence-electron chi connectivity index (χ0n) is 9.19. The number of ether oxygens (including phenoxy) is 1. The fraction of sp³-hybridized carbons (Fsp3) is 0.167. The Morgan fingerprint density at radius 2 is 2.35 bits per heavy atom. The van der Waals surface area contributed by atoms with E-state index in [4.69, 9.17) is 4.74 Å². The van der Waals surface area contributed by atoms with Crippen LogP contribution < -0.4 is 10.1 Å². The molecule has 17 heavy (non-hydrogen) atoms. The zero-order chi connectivity index (χ0) is 11.8. The zero-order valence-corrected chi connectivity index (χ0v) is 10.0. The van der Waals surface area contributed by atoms with Crippen LogP contribution in [0.15, 0.2) is 23.6 Å². The molecule has 0 atom stereocenters. The number of hydrogen-bond donors (Lipinski definition) is 1. The quantitative estimate of drug-likeness (QED) is 0.840. The predicted octanol–water partition coefficient (Wildman–Crippen LogP) is 2.45. The van der Waals surface area contributed by atoms with E-state index in [1.807, 2.05) is 30.5 Å². The van der Waals surface area contributed by atoms with E-state index in [0.717, 1.165) is 16.3 Å². The second-order valence-electron chi connectivity index (χ2n) is 3.80. The van der Waals surface area contributed by atoms with E-state index in [0.29, 0.717) is 11.4 Å². The Hall–Kier alpha value is -1.88. The number of carbonyl (C=O) groups excluding carboxylic acids is 1. The molecule has 1 aromatic carbocycles. The van der Waals surface area contributed by atoms with E-state index in [2.05, 4.69) is 10.3 Å². The smallest absolute Gasteiger partial charge is 0.262 e. The van der Waals surface area contributed by atoms with Gasteiger partial charge >= 0.3 is 0 Å². The number of fused-ring (bicyclic) bond motifs is 1. The summed E-state index contributed by atoms with van der Waals surface area (Å²) in [5.41, 5.74) is 2.62. The molecule has 0 spiro atoms. The highest BCUT2D eigenvalue weighted by Crippen LogP contribution is 2.32. The van der Waals surface area contributed by atoms with Crippen molar-refractivity contribution in [2.45, 2.75) is 6.92 Å². The van der Waals surface area contributed by atoms with Gasteiger partial charge in [0.15, 0.2) is 6.61 Å². The lowest BCUT2D eigenvalue weighted by Gasteiger charge is -2.18. The number of anilines is 1. The third-order valence-corrected chi connectivity index (χ3v) is 3.30. The monoisotopic (exact) mass is 246 g/mol. The summed E-state index contributed by atoms with van der Waals surface area (Å²) < 4.78 is 5.30. The fourth-order valence-corrected chi connectivity index (χ4v) is 2.36. The van der Waals surface area contributed by atoms with Gasteiger partial charge in [-0.2, -0.15) is 0 Å². The summed E-state index contributed by atoms with van der Waals surface area (Å²) in [5, 5.41) is 5.82. The predicted molar refractivity (Wildman–Crippen MR) is 66.4 cm³/mol. The van der Waals surface area contributed by atoms with Gasteiger partial charge in [-0.05, 0) is 25.1 Å². The molecule has 5 heteroatoms. The van der Waals surface area contributed by atoms with Crippen LogP contribution in [0.5, 0.6) is 5.75 Å². The van der Waals surface area contributed by atoms with Gasteiger partial charge in [0.1, 0.15) is 5.75 Å². The van der Waals surface area contributed by atoms with Crippen molar-refractivity contribution < 1.29 is 9.53 Å². The summed E-state index contributed by atoms with van der Waals surface area (Å²) in [4.78, 5) is 15.6. The SMILES string of the molecule is Cc1nc(-c2ccc3c(c2)NC(=O)CO3)cs1. The largest absolute Gasteiger partial charge is 0.482 e. The first-order chi connectivity index (χ1) is 8.22. The number of benzene rings is 1. The van der Waals surface area contributed by atoms with Gasteiger partial charge in [0.05, 0.1) is 16.4 Å². The van der Waals surface area contributed by atoms with Crippen LogP contribution in [-0.2, 0) is 4.79 Å². The number of aromatic nitrogens is 1. The van der Waals surface area contributed by atoms with E-state index < -0.39 is 0 Å². The van der Waals surface area contributed by atoms with Crippen LogP contribution in [0.2, 0.25) is 0 Å². The van der Waals surface area contributed by atoms with Gasteiger partial charge in [-0.25, -0.2) is 4.98 Å². The van der Waals surface area contributed by atoms with Crippen molar-refractivity contribution in [3.8, 4) is 17.0 Å². The first-order valence-corrected chi connectivity index (χ1v) is 6.09. The molecular formula is C12H10N2O2S. The van der Waals surface area contributed by atoms with Crippen molar-refractivity contribution in [3.05, 3.63) is 28.6 Å². The second-order valence-corrected chi connectivity index (χ2v) is 4.86. The number of hydrogen-bond acceptors (Lipinski definition) is 4. The summed E-state index contributed by atoms with van der Waals surface area (Å²) >= 11 is 1.61. The first-order valence-electron chi connectivity index (χ1n) is 5.21. The maximum atomic E-state index is 11.2. The van der Waals surface area contributed by atoms with E-state index in [1.54, 1.807) is 11.3 Å². The van der Waals surface area contributed by atoms with Gasteiger partial charge < -0.3 is 10.1 Å². The summed E-state index contributed by atoms with van der Waals surface area (Å²) in [6.07, 6.45) is 0. The minimum Gasteiger partial charge on any atom is -0.482 e.